The third kappa shape index (κ3) is 3.09. The summed E-state index contributed by atoms with van der Waals surface area (Å²) in [6.07, 6.45) is 1.65. The first-order valence-corrected chi connectivity index (χ1v) is 5.65. The minimum Gasteiger partial charge on any atom is -0.467 e. The molecule has 0 bridgehead atoms. The Morgan fingerprint density at radius 1 is 1.16 bits per heavy atom. The highest BCUT2D eigenvalue weighted by Gasteiger charge is 2.14. The number of rotatable bonds is 5. The number of anilines is 1. The summed E-state index contributed by atoms with van der Waals surface area (Å²) in [7, 11) is 2.94. The van der Waals surface area contributed by atoms with Gasteiger partial charge in [0, 0.05) is 0 Å². The molecule has 0 aliphatic rings. The van der Waals surface area contributed by atoms with Gasteiger partial charge in [-0.25, -0.2) is 4.98 Å². The van der Waals surface area contributed by atoms with Crippen LogP contribution in [-0.2, 0) is 0 Å². The molecule has 8 nitrogen and oxygen atoms in total. The number of methoxy groups -OCH3 is 2. The zero-order valence-corrected chi connectivity index (χ0v) is 11.2. The Balaban J connectivity index is 2.18. The van der Waals surface area contributed by atoms with Gasteiger partial charge in [-0.05, 0) is 13.8 Å². The van der Waals surface area contributed by atoms with Crippen LogP contribution in [-0.4, -0.2) is 34.2 Å². The van der Waals surface area contributed by atoms with Gasteiger partial charge in [0.25, 0.3) is 0 Å². The number of nitrogens with one attached hydrogen (secondary N) is 1. The third-order valence-electron chi connectivity index (χ3n) is 2.31. The highest BCUT2D eigenvalue weighted by molar-refractivity contribution is 5.29. The minimum absolute atomic E-state index is 0.171. The lowest BCUT2D eigenvalue weighted by atomic mass is 10.3. The number of aryl methyl sites for hydroxylation is 1. The lowest BCUT2D eigenvalue weighted by Gasteiger charge is -2.11. The highest BCUT2D eigenvalue weighted by atomic mass is 16.5. The van der Waals surface area contributed by atoms with Crippen LogP contribution in [0.1, 0.15) is 24.6 Å². The molecule has 2 aromatic rings. The van der Waals surface area contributed by atoms with Gasteiger partial charge in [0.15, 0.2) is 0 Å². The van der Waals surface area contributed by atoms with E-state index in [0.717, 1.165) is 5.76 Å². The quantitative estimate of drug-likeness (QED) is 0.865. The molecule has 0 aliphatic heterocycles. The van der Waals surface area contributed by atoms with E-state index in [1.54, 1.807) is 6.20 Å². The maximum atomic E-state index is 5.42. The Labute approximate surface area is 110 Å². The van der Waals surface area contributed by atoms with Crippen molar-refractivity contribution < 1.29 is 13.9 Å². The summed E-state index contributed by atoms with van der Waals surface area (Å²) >= 11 is 0. The van der Waals surface area contributed by atoms with Crippen LogP contribution in [0, 0.1) is 6.92 Å². The van der Waals surface area contributed by atoms with E-state index in [1.165, 1.54) is 14.2 Å². The average Bonchev–Trinajstić information content (AvgIpc) is 2.85. The molecule has 1 unspecified atom stereocenters. The van der Waals surface area contributed by atoms with Crippen molar-refractivity contribution in [1.82, 2.24) is 19.9 Å². The smallest absolute Gasteiger partial charge is 0.324 e. The number of hydrogen-bond acceptors (Lipinski definition) is 8. The summed E-state index contributed by atoms with van der Waals surface area (Å²) in [5.41, 5.74) is 0. The second-order valence-electron chi connectivity index (χ2n) is 3.81. The van der Waals surface area contributed by atoms with Gasteiger partial charge in [0.1, 0.15) is 11.8 Å². The van der Waals surface area contributed by atoms with Gasteiger partial charge >= 0.3 is 12.0 Å². The summed E-state index contributed by atoms with van der Waals surface area (Å²) in [5, 5.41) is 3.04. The summed E-state index contributed by atoms with van der Waals surface area (Å²) in [4.78, 5) is 16.2. The molecule has 2 aromatic heterocycles. The van der Waals surface area contributed by atoms with Crippen molar-refractivity contribution in [2.24, 2.45) is 0 Å². The van der Waals surface area contributed by atoms with E-state index in [1.807, 2.05) is 13.8 Å². The van der Waals surface area contributed by atoms with Crippen LogP contribution in [0.3, 0.4) is 0 Å². The van der Waals surface area contributed by atoms with E-state index < -0.39 is 0 Å². The van der Waals surface area contributed by atoms with E-state index in [9.17, 15) is 0 Å². The molecule has 1 atom stereocenters. The molecule has 0 saturated carbocycles. The Morgan fingerprint density at radius 3 is 2.26 bits per heavy atom. The van der Waals surface area contributed by atoms with Crippen molar-refractivity contribution in [2.75, 3.05) is 19.5 Å². The molecule has 0 aliphatic carbocycles. The molecule has 0 aromatic carbocycles. The van der Waals surface area contributed by atoms with Crippen LogP contribution in [0.15, 0.2) is 10.6 Å². The molecule has 0 radical (unpaired) electrons. The standard InChI is InChI=1S/C11H15N5O3/c1-6-5-12-8(19-6)7(2)13-9-14-10(17-3)16-11(15-9)18-4/h5,7H,1-4H3,(H,13,14,15,16). The maximum Gasteiger partial charge on any atom is 0.324 e. The monoisotopic (exact) mass is 265 g/mol. The molecule has 102 valence electrons. The number of nitrogens with zero attached hydrogens (tertiary/aromatic N) is 4. The number of aromatic nitrogens is 4. The molecule has 1 N–H and O–H groups in total. The number of hydrogen-bond donors (Lipinski definition) is 1. The van der Waals surface area contributed by atoms with Crippen molar-refractivity contribution >= 4 is 5.95 Å². The van der Waals surface area contributed by atoms with Crippen molar-refractivity contribution in [3.05, 3.63) is 17.8 Å². The van der Waals surface area contributed by atoms with Crippen LogP contribution in [0.4, 0.5) is 5.95 Å². The van der Waals surface area contributed by atoms with Crippen LogP contribution >= 0.6 is 0 Å². The molecule has 2 rings (SSSR count). The molecule has 0 amide bonds. The maximum absolute atomic E-state index is 5.42. The largest absolute Gasteiger partial charge is 0.467 e. The molecule has 19 heavy (non-hydrogen) atoms. The molecule has 0 saturated heterocycles. The topological polar surface area (TPSA) is 95.2 Å². The summed E-state index contributed by atoms with van der Waals surface area (Å²) < 4.78 is 15.4. The number of ether oxygens (including phenoxy) is 2. The molecule has 2 heterocycles. The van der Waals surface area contributed by atoms with Gasteiger partial charge in [0.2, 0.25) is 11.8 Å². The molecular formula is C11H15N5O3. The fourth-order valence-electron chi connectivity index (χ4n) is 1.41. The first-order valence-electron chi connectivity index (χ1n) is 5.65. The van der Waals surface area contributed by atoms with Crippen LogP contribution in [0.25, 0.3) is 0 Å². The normalized spacial score (nSPS) is 12.0. The van der Waals surface area contributed by atoms with Crippen LogP contribution in [0.2, 0.25) is 0 Å². The first-order chi connectivity index (χ1) is 9.12. The zero-order chi connectivity index (χ0) is 13.8. The number of oxazole rings is 1. The van der Waals surface area contributed by atoms with E-state index in [-0.39, 0.29) is 18.1 Å². The first kappa shape index (κ1) is 13.1. The predicted molar refractivity (Wildman–Crippen MR) is 66.2 cm³/mol. The highest BCUT2D eigenvalue weighted by Crippen LogP contribution is 2.19. The fourth-order valence-corrected chi connectivity index (χ4v) is 1.41. The van der Waals surface area contributed by atoms with Crippen molar-refractivity contribution in [3.8, 4) is 12.0 Å². The summed E-state index contributed by atoms with van der Waals surface area (Å²) in [6, 6.07) is 0.154. The Kier molecular flexibility index (Phi) is 3.79. The van der Waals surface area contributed by atoms with E-state index in [4.69, 9.17) is 13.9 Å². The van der Waals surface area contributed by atoms with Gasteiger partial charge in [-0.1, -0.05) is 0 Å². The molecule has 8 heteroatoms. The van der Waals surface area contributed by atoms with Crippen molar-refractivity contribution in [2.45, 2.75) is 19.9 Å². The van der Waals surface area contributed by atoms with E-state index >= 15 is 0 Å². The fraction of sp³-hybridized carbons (Fsp3) is 0.455. The van der Waals surface area contributed by atoms with E-state index in [0.29, 0.717) is 11.8 Å². The SMILES string of the molecule is COc1nc(NC(C)c2ncc(C)o2)nc(OC)n1. The predicted octanol–water partition coefficient (Wildman–Crippen LogP) is 1.36. The van der Waals surface area contributed by atoms with Gasteiger partial charge in [-0.3, -0.25) is 0 Å². The van der Waals surface area contributed by atoms with Crippen molar-refractivity contribution in [3.63, 3.8) is 0 Å². The second-order valence-corrected chi connectivity index (χ2v) is 3.81. The Hall–Kier alpha value is -2.38. The second kappa shape index (κ2) is 5.51. The molecular weight excluding hydrogens is 250 g/mol. The van der Waals surface area contributed by atoms with Gasteiger partial charge in [-0.2, -0.15) is 9.97 Å². The van der Waals surface area contributed by atoms with Crippen LogP contribution in [0.5, 0.6) is 12.0 Å². The molecule has 0 fully saturated rings. The van der Waals surface area contributed by atoms with Gasteiger partial charge in [0.05, 0.1) is 20.4 Å². The third-order valence-corrected chi connectivity index (χ3v) is 2.31. The lowest BCUT2D eigenvalue weighted by Crippen LogP contribution is -2.11. The van der Waals surface area contributed by atoms with E-state index in [2.05, 4.69) is 25.3 Å². The Bertz CT molecular complexity index is 535. The minimum atomic E-state index is -0.189. The van der Waals surface area contributed by atoms with Crippen molar-refractivity contribution in [1.29, 1.82) is 0 Å². The average molecular weight is 265 g/mol. The zero-order valence-electron chi connectivity index (χ0n) is 11.2. The lowest BCUT2D eigenvalue weighted by molar-refractivity contribution is 0.340. The van der Waals surface area contributed by atoms with Crippen LogP contribution < -0.4 is 14.8 Å². The molecule has 0 spiro atoms. The Morgan fingerprint density at radius 2 is 1.79 bits per heavy atom. The summed E-state index contributed by atoms with van der Waals surface area (Å²) in [5.74, 6) is 1.62. The van der Waals surface area contributed by atoms with Gasteiger partial charge < -0.3 is 19.2 Å². The summed E-state index contributed by atoms with van der Waals surface area (Å²) in [6.45, 7) is 3.71. The van der Waals surface area contributed by atoms with Gasteiger partial charge in [-0.15, -0.1) is 4.98 Å².